The molecule has 0 radical (unpaired) electrons. The number of amides is 1. The highest BCUT2D eigenvalue weighted by Gasteiger charge is 2.50. The van der Waals surface area contributed by atoms with Crippen LogP contribution in [0, 0.1) is 12.3 Å². The van der Waals surface area contributed by atoms with Crippen molar-refractivity contribution in [2.75, 3.05) is 18.0 Å². The molecular formula is C25H31BrN2O2. The maximum absolute atomic E-state index is 12.7. The van der Waals surface area contributed by atoms with Crippen molar-refractivity contribution in [3.63, 3.8) is 0 Å². The normalized spacial score (nSPS) is 20.2. The number of piperidine rings is 1. The number of halogens is 1. The van der Waals surface area contributed by atoms with Gasteiger partial charge in [0.2, 0.25) is 0 Å². The van der Waals surface area contributed by atoms with Gasteiger partial charge in [-0.1, -0.05) is 40.2 Å². The third-order valence-electron chi connectivity index (χ3n) is 6.29. The third-order valence-corrected chi connectivity index (χ3v) is 6.75. The maximum Gasteiger partial charge on any atom is 0.408 e. The average molecular weight is 471 g/mol. The quantitative estimate of drug-likeness (QED) is 0.570. The standard InChI is InChI=1S/C25H31BrN2O2/c1-17-13-19(26)15-20(14-17)28-11-9-25(10-12-28)16-18-7-5-6-8-21(18)22(25)30-23(29)27-24(2,3)4/h5-8,13-15,22H,9-12,16H2,1-4H3,(H,27,29)/t22-/m1/s1. The number of rotatable bonds is 2. The molecular weight excluding hydrogens is 440 g/mol. The van der Waals surface area contributed by atoms with E-state index in [1.807, 2.05) is 20.8 Å². The van der Waals surface area contributed by atoms with Crippen LogP contribution >= 0.6 is 15.9 Å². The van der Waals surface area contributed by atoms with E-state index in [0.717, 1.165) is 36.8 Å². The Balaban J connectivity index is 1.55. The van der Waals surface area contributed by atoms with Gasteiger partial charge in [-0.15, -0.1) is 0 Å². The van der Waals surface area contributed by atoms with E-state index in [4.69, 9.17) is 4.74 Å². The highest BCUT2D eigenvalue weighted by atomic mass is 79.9. The lowest BCUT2D eigenvalue weighted by molar-refractivity contribution is -0.00237. The summed E-state index contributed by atoms with van der Waals surface area (Å²) in [7, 11) is 0. The molecule has 1 fully saturated rings. The van der Waals surface area contributed by atoms with Crippen LogP contribution in [0.3, 0.4) is 0 Å². The minimum Gasteiger partial charge on any atom is -0.441 e. The van der Waals surface area contributed by atoms with Gasteiger partial charge in [0.25, 0.3) is 0 Å². The summed E-state index contributed by atoms with van der Waals surface area (Å²) >= 11 is 3.63. The van der Waals surface area contributed by atoms with Crippen LogP contribution in [-0.2, 0) is 11.2 Å². The van der Waals surface area contributed by atoms with Crippen molar-refractivity contribution in [2.24, 2.45) is 5.41 Å². The highest BCUT2D eigenvalue weighted by molar-refractivity contribution is 9.10. The fourth-order valence-corrected chi connectivity index (χ4v) is 5.53. The van der Waals surface area contributed by atoms with Crippen LogP contribution in [0.4, 0.5) is 10.5 Å². The number of carbonyl (C=O) groups excluding carboxylic acids is 1. The Morgan fingerprint density at radius 3 is 2.53 bits per heavy atom. The molecule has 1 atom stereocenters. The lowest BCUT2D eigenvalue weighted by atomic mass is 9.74. The van der Waals surface area contributed by atoms with E-state index in [1.54, 1.807) is 0 Å². The highest BCUT2D eigenvalue weighted by Crippen LogP contribution is 2.54. The Morgan fingerprint density at radius 1 is 1.17 bits per heavy atom. The molecule has 1 aliphatic heterocycles. The number of hydrogen-bond donors (Lipinski definition) is 1. The lowest BCUT2D eigenvalue weighted by Gasteiger charge is -2.43. The first-order chi connectivity index (χ1) is 14.2. The van der Waals surface area contributed by atoms with Gasteiger partial charge in [0.1, 0.15) is 6.10 Å². The monoisotopic (exact) mass is 470 g/mol. The number of nitrogens with zero attached hydrogens (tertiary/aromatic N) is 1. The van der Waals surface area contributed by atoms with Gasteiger partial charge in [-0.05, 0) is 81.8 Å². The van der Waals surface area contributed by atoms with E-state index >= 15 is 0 Å². The van der Waals surface area contributed by atoms with Gasteiger partial charge < -0.3 is 15.0 Å². The summed E-state index contributed by atoms with van der Waals surface area (Å²) in [4.78, 5) is 15.1. The molecule has 1 heterocycles. The molecule has 2 aliphatic rings. The van der Waals surface area contributed by atoms with Gasteiger partial charge in [-0.25, -0.2) is 4.79 Å². The smallest absolute Gasteiger partial charge is 0.408 e. The van der Waals surface area contributed by atoms with Crippen LogP contribution < -0.4 is 10.2 Å². The summed E-state index contributed by atoms with van der Waals surface area (Å²) in [6.45, 7) is 9.99. The molecule has 4 rings (SSSR count). The van der Waals surface area contributed by atoms with Gasteiger partial charge in [-0.2, -0.15) is 0 Å². The van der Waals surface area contributed by atoms with Gasteiger partial charge in [0.15, 0.2) is 0 Å². The van der Waals surface area contributed by atoms with Crippen LogP contribution in [-0.4, -0.2) is 24.7 Å². The Labute approximate surface area is 188 Å². The number of fused-ring (bicyclic) bond motifs is 1. The van der Waals surface area contributed by atoms with Crippen molar-refractivity contribution < 1.29 is 9.53 Å². The molecule has 1 N–H and O–H groups in total. The first-order valence-electron chi connectivity index (χ1n) is 10.7. The minimum absolute atomic E-state index is 0.0313. The van der Waals surface area contributed by atoms with E-state index in [9.17, 15) is 4.79 Å². The zero-order valence-corrected chi connectivity index (χ0v) is 19.9. The van der Waals surface area contributed by atoms with E-state index < -0.39 is 0 Å². The summed E-state index contributed by atoms with van der Waals surface area (Å²) in [6.07, 6.45) is 2.46. The largest absolute Gasteiger partial charge is 0.441 e. The van der Waals surface area contributed by atoms with Crippen LogP contribution in [0.1, 0.15) is 56.4 Å². The molecule has 1 saturated heterocycles. The predicted molar refractivity (Wildman–Crippen MR) is 125 cm³/mol. The van der Waals surface area contributed by atoms with Crippen molar-refractivity contribution in [3.05, 3.63) is 63.6 Å². The zero-order chi connectivity index (χ0) is 21.5. The zero-order valence-electron chi connectivity index (χ0n) is 18.3. The van der Waals surface area contributed by atoms with Gasteiger partial charge in [-0.3, -0.25) is 0 Å². The van der Waals surface area contributed by atoms with E-state index in [2.05, 4.69) is 75.5 Å². The lowest BCUT2D eigenvalue weighted by Crippen LogP contribution is -2.46. The topological polar surface area (TPSA) is 41.6 Å². The maximum atomic E-state index is 12.7. The molecule has 0 saturated carbocycles. The fourth-order valence-electron chi connectivity index (χ4n) is 4.93. The van der Waals surface area contributed by atoms with Crippen molar-refractivity contribution in [3.8, 4) is 0 Å². The van der Waals surface area contributed by atoms with Crippen molar-refractivity contribution in [1.29, 1.82) is 0 Å². The molecule has 0 bridgehead atoms. The van der Waals surface area contributed by atoms with Gasteiger partial charge >= 0.3 is 6.09 Å². The SMILES string of the molecule is Cc1cc(Br)cc(N2CCC3(CC2)Cc2ccccc2[C@H]3OC(=O)NC(C)(C)C)c1. The van der Waals surface area contributed by atoms with Gasteiger partial charge in [0, 0.05) is 34.2 Å². The summed E-state index contributed by atoms with van der Waals surface area (Å²) in [6, 6.07) is 15.0. The molecule has 5 heteroatoms. The Morgan fingerprint density at radius 2 is 1.87 bits per heavy atom. The fraction of sp³-hybridized carbons (Fsp3) is 0.480. The Bertz CT molecular complexity index is 922. The Kier molecular flexibility index (Phi) is 5.60. The second-order valence-electron chi connectivity index (χ2n) is 9.87. The van der Waals surface area contributed by atoms with Crippen LogP contribution in [0.15, 0.2) is 46.9 Å². The predicted octanol–water partition coefficient (Wildman–Crippen LogP) is 6.17. The number of alkyl carbamates (subject to hydrolysis) is 1. The molecule has 1 spiro atoms. The first kappa shape index (κ1) is 21.2. The summed E-state index contributed by atoms with van der Waals surface area (Å²) < 4.78 is 7.23. The molecule has 2 aromatic rings. The van der Waals surface area contributed by atoms with E-state index in [1.165, 1.54) is 22.4 Å². The number of ether oxygens (including phenoxy) is 1. The second-order valence-corrected chi connectivity index (χ2v) is 10.8. The average Bonchev–Trinajstić information content (AvgIpc) is 2.93. The molecule has 1 aliphatic carbocycles. The number of hydrogen-bond acceptors (Lipinski definition) is 3. The van der Waals surface area contributed by atoms with Crippen LogP contribution in [0.5, 0.6) is 0 Å². The first-order valence-corrected chi connectivity index (χ1v) is 11.5. The van der Waals surface area contributed by atoms with Crippen LogP contribution in [0.2, 0.25) is 0 Å². The molecule has 2 aromatic carbocycles. The molecule has 160 valence electrons. The molecule has 30 heavy (non-hydrogen) atoms. The minimum atomic E-state index is -0.325. The molecule has 0 unspecified atom stereocenters. The summed E-state index contributed by atoms with van der Waals surface area (Å²) in [5.41, 5.74) is 4.66. The molecule has 4 nitrogen and oxygen atoms in total. The van der Waals surface area contributed by atoms with Crippen LogP contribution in [0.25, 0.3) is 0 Å². The van der Waals surface area contributed by atoms with Crippen molar-refractivity contribution in [2.45, 2.75) is 58.6 Å². The number of nitrogens with one attached hydrogen (secondary N) is 1. The number of anilines is 1. The van der Waals surface area contributed by atoms with Crippen molar-refractivity contribution in [1.82, 2.24) is 5.32 Å². The summed E-state index contributed by atoms with van der Waals surface area (Å²) in [5, 5.41) is 2.97. The third kappa shape index (κ3) is 4.36. The number of carbonyl (C=O) groups is 1. The summed E-state index contributed by atoms with van der Waals surface area (Å²) in [5.74, 6) is 0. The molecule has 0 aromatic heterocycles. The molecule has 1 amide bonds. The Hall–Kier alpha value is -2.01. The number of benzene rings is 2. The van der Waals surface area contributed by atoms with Crippen molar-refractivity contribution >= 4 is 27.7 Å². The number of aryl methyl sites for hydroxylation is 1. The van der Waals surface area contributed by atoms with E-state index in [-0.39, 0.29) is 23.2 Å². The van der Waals surface area contributed by atoms with Gasteiger partial charge in [0.05, 0.1) is 0 Å². The second kappa shape index (κ2) is 7.92. The van der Waals surface area contributed by atoms with E-state index in [0.29, 0.717) is 0 Å².